The molecule has 0 aliphatic rings. The maximum atomic E-state index is 12.5. The van der Waals surface area contributed by atoms with Gasteiger partial charge in [0.1, 0.15) is 0 Å². The average Bonchev–Trinajstić information content (AvgIpc) is 2.74. The van der Waals surface area contributed by atoms with Crippen LogP contribution in [0.3, 0.4) is 0 Å². The molecule has 2 amide bonds. The lowest BCUT2D eigenvalue weighted by molar-refractivity contribution is 0.103. The number of anilines is 3. The number of carbonyl (C=O) groups is 2. The summed E-state index contributed by atoms with van der Waals surface area (Å²) in [6, 6.07) is 23.7. The number of carbonyl (C=O) groups excluding carboxylic acids is 2. The first-order valence-corrected chi connectivity index (χ1v) is 9.28. The van der Waals surface area contributed by atoms with Gasteiger partial charge in [-0.15, -0.1) is 0 Å². The molecule has 0 aliphatic carbocycles. The van der Waals surface area contributed by atoms with Crippen molar-refractivity contribution in [2.75, 3.05) is 17.2 Å². The Morgan fingerprint density at radius 2 is 1.36 bits per heavy atom. The second-order valence-corrected chi connectivity index (χ2v) is 6.32. The van der Waals surface area contributed by atoms with Gasteiger partial charge in [-0.1, -0.05) is 49.4 Å². The lowest BCUT2D eigenvalue weighted by Crippen LogP contribution is -2.29. The van der Waals surface area contributed by atoms with E-state index in [4.69, 9.17) is 0 Å². The fourth-order valence-electron chi connectivity index (χ4n) is 2.72. The Bertz CT molecular complexity index is 938. The minimum absolute atomic E-state index is 0.0122. The van der Waals surface area contributed by atoms with E-state index in [-0.39, 0.29) is 11.8 Å². The Balaban J connectivity index is 1.71. The van der Waals surface area contributed by atoms with Crippen molar-refractivity contribution in [1.29, 1.82) is 0 Å². The van der Waals surface area contributed by atoms with Crippen molar-refractivity contribution in [1.82, 2.24) is 5.32 Å². The van der Waals surface area contributed by atoms with Crippen molar-refractivity contribution in [3.05, 3.63) is 90.0 Å². The van der Waals surface area contributed by atoms with Gasteiger partial charge in [-0.25, -0.2) is 4.79 Å². The number of amides is 2. The first-order valence-electron chi connectivity index (χ1n) is 9.28. The number of hydrogen-bond donors (Lipinski definition) is 3. The molecule has 3 aromatic carbocycles. The smallest absolute Gasteiger partial charge is 0.319 e. The van der Waals surface area contributed by atoms with Gasteiger partial charge in [0, 0.05) is 23.4 Å². The molecule has 142 valence electrons. The molecule has 0 spiro atoms. The van der Waals surface area contributed by atoms with Crippen LogP contribution in [0.5, 0.6) is 0 Å². The molecule has 0 saturated carbocycles. The van der Waals surface area contributed by atoms with Crippen LogP contribution in [-0.4, -0.2) is 18.4 Å². The SMILES string of the molecule is CCCNC(=O)Nc1ccccc1Nc1ccc(C(=O)c2ccccc2)cc1. The van der Waals surface area contributed by atoms with E-state index in [0.29, 0.717) is 23.4 Å². The summed E-state index contributed by atoms with van der Waals surface area (Å²) in [4.78, 5) is 24.4. The Morgan fingerprint density at radius 3 is 2.04 bits per heavy atom. The number of rotatable bonds is 7. The zero-order chi connectivity index (χ0) is 19.8. The number of nitrogens with one attached hydrogen (secondary N) is 3. The van der Waals surface area contributed by atoms with Crippen molar-refractivity contribution < 1.29 is 9.59 Å². The van der Waals surface area contributed by atoms with Crippen LogP contribution in [0.25, 0.3) is 0 Å². The van der Waals surface area contributed by atoms with E-state index in [9.17, 15) is 9.59 Å². The first-order chi connectivity index (χ1) is 13.7. The minimum atomic E-state index is -0.236. The molecule has 0 unspecified atom stereocenters. The topological polar surface area (TPSA) is 70.2 Å². The van der Waals surface area contributed by atoms with Crippen molar-refractivity contribution in [3.63, 3.8) is 0 Å². The molecule has 0 radical (unpaired) electrons. The highest BCUT2D eigenvalue weighted by Crippen LogP contribution is 2.25. The van der Waals surface area contributed by atoms with E-state index in [1.54, 1.807) is 24.3 Å². The Kier molecular flexibility index (Phi) is 6.41. The van der Waals surface area contributed by atoms with Gasteiger partial charge < -0.3 is 16.0 Å². The van der Waals surface area contributed by atoms with Crippen LogP contribution in [0.4, 0.5) is 21.9 Å². The zero-order valence-electron chi connectivity index (χ0n) is 15.7. The summed E-state index contributed by atoms with van der Waals surface area (Å²) < 4.78 is 0. The van der Waals surface area contributed by atoms with E-state index in [2.05, 4.69) is 16.0 Å². The van der Waals surface area contributed by atoms with E-state index in [0.717, 1.165) is 17.8 Å². The Morgan fingerprint density at radius 1 is 0.750 bits per heavy atom. The summed E-state index contributed by atoms with van der Waals surface area (Å²) in [5, 5.41) is 8.93. The number of ketones is 1. The van der Waals surface area contributed by atoms with Gasteiger partial charge in [0.25, 0.3) is 0 Å². The predicted octanol–water partition coefficient (Wildman–Crippen LogP) is 5.19. The maximum Gasteiger partial charge on any atom is 0.319 e. The van der Waals surface area contributed by atoms with Crippen molar-refractivity contribution >= 4 is 28.9 Å². The van der Waals surface area contributed by atoms with Crippen LogP contribution in [0.15, 0.2) is 78.9 Å². The van der Waals surface area contributed by atoms with E-state index < -0.39 is 0 Å². The summed E-state index contributed by atoms with van der Waals surface area (Å²) in [5.41, 5.74) is 3.57. The number of urea groups is 1. The maximum absolute atomic E-state index is 12.5. The number of benzene rings is 3. The second-order valence-electron chi connectivity index (χ2n) is 6.32. The summed E-state index contributed by atoms with van der Waals surface area (Å²) in [7, 11) is 0. The van der Waals surface area contributed by atoms with Gasteiger partial charge in [-0.3, -0.25) is 4.79 Å². The van der Waals surface area contributed by atoms with E-state index >= 15 is 0 Å². The van der Waals surface area contributed by atoms with Crippen molar-refractivity contribution in [3.8, 4) is 0 Å². The van der Waals surface area contributed by atoms with Crippen molar-refractivity contribution in [2.45, 2.75) is 13.3 Å². The van der Waals surface area contributed by atoms with Crippen LogP contribution >= 0.6 is 0 Å². The Labute approximate surface area is 164 Å². The van der Waals surface area contributed by atoms with Gasteiger partial charge in [0.15, 0.2) is 5.78 Å². The highest BCUT2D eigenvalue weighted by atomic mass is 16.2. The molecule has 3 N–H and O–H groups in total. The molecule has 5 heteroatoms. The Hall–Kier alpha value is -3.60. The minimum Gasteiger partial charge on any atom is -0.354 e. The molecule has 0 saturated heterocycles. The third kappa shape index (κ3) is 4.98. The van der Waals surface area contributed by atoms with Gasteiger partial charge in [-0.05, 0) is 42.8 Å². The monoisotopic (exact) mass is 373 g/mol. The third-order valence-corrected chi connectivity index (χ3v) is 4.17. The molecule has 0 aromatic heterocycles. The molecular weight excluding hydrogens is 350 g/mol. The summed E-state index contributed by atoms with van der Waals surface area (Å²) in [6.45, 7) is 2.63. The van der Waals surface area contributed by atoms with Crippen LogP contribution < -0.4 is 16.0 Å². The molecule has 0 atom stereocenters. The largest absolute Gasteiger partial charge is 0.354 e. The van der Waals surface area contributed by atoms with Crippen LogP contribution in [0.2, 0.25) is 0 Å². The molecule has 28 heavy (non-hydrogen) atoms. The van der Waals surface area contributed by atoms with Gasteiger partial charge in [-0.2, -0.15) is 0 Å². The summed E-state index contributed by atoms with van der Waals surface area (Å²) >= 11 is 0. The standard InChI is InChI=1S/C23H23N3O2/c1-2-16-24-23(28)26-21-11-7-6-10-20(21)25-19-14-12-18(13-15-19)22(27)17-8-4-3-5-9-17/h3-15,25H,2,16H2,1H3,(H2,24,26,28). The fourth-order valence-corrected chi connectivity index (χ4v) is 2.72. The predicted molar refractivity (Wildman–Crippen MR) is 113 cm³/mol. The fraction of sp³-hybridized carbons (Fsp3) is 0.130. The lowest BCUT2D eigenvalue weighted by atomic mass is 10.0. The zero-order valence-corrected chi connectivity index (χ0v) is 15.7. The van der Waals surface area contributed by atoms with Crippen LogP contribution in [-0.2, 0) is 0 Å². The van der Waals surface area contributed by atoms with E-state index in [1.807, 2.05) is 61.5 Å². The van der Waals surface area contributed by atoms with Gasteiger partial charge in [0.2, 0.25) is 0 Å². The highest BCUT2D eigenvalue weighted by Gasteiger charge is 2.09. The molecule has 0 aliphatic heterocycles. The molecular formula is C23H23N3O2. The van der Waals surface area contributed by atoms with Crippen molar-refractivity contribution in [2.24, 2.45) is 0 Å². The molecule has 0 bridgehead atoms. The third-order valence-electron chi connectivity index (χ3n) is 4.17. The average molecular weight is 373 g/mol. The molecule has 5 nitrogen and oxygen atoms in total. The first kappa shape index (κ1) is 19.2. The van der Waals surface area contributed by atoms with E-state index in [1.165, 1.54) is 0 Å². The molecule has 0 fully saturated rings. The van der Waals surface area contributed by atoms with Crippen LogP contribution in [0.1, 0.15) is 29.3 Å². The van der Waals surface area contributed by atoms with Gasteiger partial charge >= 0.3 is 6.03 Å². The summed E-state index contributed by atoms with van der Waals surface area (Å²) in [5.74, 6) is -0.0122. The van der Waals surface area contributed by atoms with Gasteiger partial charge in [0.05, 0.1) is 11.4 Å². The highest BCUT2D eigenvalue weighted by molar-refractivity contribution is 6.09. The summed E-state index contributed by atoms with van der Waals surface area (Å²) in [6.07, 6.45) is 0.876. The normalized spacial score (nSPS) is 10.2. The molecule has 0 heterocycles. The second kappa shape index (κ2) is 9.37. The quantitative estimate of drug-likeness (QED) is 0.499. The molecule has 3 rings (SSSR count). The molecule has 3 aromatic rings. The number of hydrogen-bond acceptors (Lipinski definition) is 3. The lowest BCUT2D eigenvalue weighted by Gasteiger charge is -2.14. The number of para-hydroxylation sites is 2. The van der Waals surface area contributed by atoms with Crippen LogP contribution in [0, 0.1) is 0 Å².